The third-order valence-electron chi connectivity index (χ3n) is 3.63. The molecule has 33 heavy (non-hydrogen) atoms. The second-order valence-corrected chi connectivity index (χ2v) is 12.1. The highest BCUT2D eigenvalue weighted by Crippen LogP contribution is 2.19. The summed E-state index contributed by atoms with van der Waals surface area (Å²) in [6, 6.07) is 0. The first-order valence-corrected chi connectivity index (χ1v) is 11.8. The van der Waals surface area contributed by atoms with Crippen LogP contribution >= 0.6 is 47.8 Å². The number of carbonyl (C=O) groups is 6. The number of halogens is 3. The number of hydrogen-bond acceptors (Lipinski definition) is 8. The van der Waals surface area contributed by atoms with Gasteiger partial charge in [-0.3, -0.25) is 38.6 Å². The third-order valence-corrected chi connectivity index (χ3v) is 5.83. The third kappa shape index (κ3) is 11.8. The van der Waals surface area contributed by atoms with Gasteiger partial charge < -0.3 is 9.84 Å². The summed E-state index contributed by atoms with van der Waals surface area (Å²) in [7, 11) is 0. The first kappa shape index (κ1) is 31.3. The second kappa shape index (κ2) is 13.9. The quantitative estimate of drug-likeness (QED) is 0.188. The van der Waals surface area contributed by atoms with Gasteiger partial charge in [-0.2, -0.15) is 0 Å². The number of β-amino-alcohol motifs (C(OH)–C–C–N with tert-alkyl or cyclic N) is 1. The van der Waals surface area contributed by atoms with Gasteiger partial charge in [-0.1, -0.05) is 31.9 Å². The minimum atomic E-state index is -0.760. The Bertz CT molecular complexity index is 805. The number of rotatable bonds is 7. The van der Waals surface area contributed by atoms with E-state index in [-0.39, 0.29) is 54.6 Å². The van der Waals surface area contributed by atoms with Crippen molar-refractivity contribution in [1.29, 1.82) is 0 Å². The van der Waals surface area contributed by atoms with E-state index in [1.807, 2.05) is 0 Å². The molecule has 0 aliphatic carbocycles. The number of imide groups is 2. The van der Waals surface area contributed by atoms with Crippen molar-refractivity contribution in [3.8, 4) is 0 Å². The summed E-state index contributed by atoms with van der Waals surface area (Å²) in [6.07, 6.45) is 4.77. The number of aliphatic hydroxyl groups excluding tert-OH is 1. The average Bonchev–Trinajstić information content (AvgIpc) is 3.17. The molecule has 0 saturated heterocycles. The fourth-order valence-corrected chi connectivity index (χ4v) is 1.92. The van der Waals surface area contributed by atoms with Crippen LogP contribution in [0.3, 0.4) is 0 Å². The van der Waals surface area contributed by atoms with Crippen molar-refractivity contribution in [2.45, 2.75) is 36.3 Å². The van der Waals surface area contributed by atoms with E-state index in [9.17, 15) is 28.8 Å². The predicted octanol–water partition coefficient (Wildman–Crippen LogP) is 1.61. The maximum absolute atomic E-state index is 11.3. The van der Waals surface area contributed by atoms with Gasteiger partial charge in [-0.25, -0.2) is 0 Å². The Kier molecular flexibility index (Phi) is 13.2. The van der Waals surface area contributed by atoms with Crippen LogP contribution in [0, 0.1) is 0 Å². The molecular formula is C20H25Br3N2O8. The first-order valence-electron chi connectivity index (χ1n) is 9.45. The summed E-state index contributed by atoms with van der Waals surface area (Å²) in [4.78, 5) is 67.3. The molecule has 0 aromatic rings. The molecule has 0 aromatic carbocycles. The van der Waals surface area contributed by atoms with Crippen molar-refractivity contribution in [2.75, 3.05) is 26.3 Å². The van der Waals surface area contributed by atoms with E-state index in [0.29, 0.717) is 0 Å². The zero-order valence-corrected chi connectivity index (χ0v) is 23.2. The molecule has 2 aliphatic rings. The lowest BCUT2D eigenvalue weighted by Gasteiger charge is -2.17. The van der Waals surface area contributed by atoms with Crippen LogP contribution in [-0.4, -0.2) is 84.1 Å². The van der Waals surface area contributed by atoms with Crippen LogP contribution in [0.5, 0.6) is 0 Å². The summed E-state index contributed by atoms with van der Waals surface area (Å²) < 4.78 is 3.71. The van der Waals surface area contributed by atoms with Gasteiger partial charge in [0.05, 0.1) is 24.0 Å². The van der Waals surface area contributed by atoms with Gasteiger partial charge in [0.1, 0.15) is 10.9 Å². The average molecular weight is 661 g/mol. The van der Waals surface area contributed by atoms with Crippen LogP contribution in [0.25, 0.3) is 0 Å². The van der Waals surface area contributed by atoms with Crippen molar-refractivity contribution >= 4 is 82.1 Å². The van der Waals surface area contributed by atoms with Gasteiger partial charge in [-0.05, 0) is 43.6 Å². The van der Waals surface area contributed by atoms with E-state index in [4.69, 9.17) is 9.84 Å². The van der Waals surface area contributed by atoms with Gasteiger partial charge in [-0.15, -0.1) is 0 Å². The Morgan fingerprint density at radius 1 is 0.818 bits per heavy atom. The maximum atomic E-state index is 11.3. The summed E-state index contributed by atoms with van der Waals surface area (Å²) in [5.74, 6) is -1.88. The summed E-state index contributed by atoms with van der Waals surface area (Å²) in [6.45, 7) is 6.87. The van der Waals surface area contributed by atoms with Crippen LogP contribution in [-0.2, 0) is 33.5 Å². The van der Waals surface area contributed by atoms with Crippen LogP contribution in [0.2, 0.25) is 0 Å². The minimum Gasteiger partial charge on any atom is -0.463 e. The first-order chi connectivity index (χ1) is 15.0. The number of alkyl halides is 2. The number of amides is 4. The maximum Gasteiger partial charge on any atom is 0.322 e. The van der Waals surface area contributed by atoms with Crippen molar-refractivity contribution < 1.29 is 38.6 Å². The lowest BCUT2D eigenvalue weighted by atomic mass is 10.2. The van der Waals surface area contributed by atoms with E-state index in [1.165, 1.54) is 24.3 Å². The topological polar surface area (TPSA) is 138 Å². The molecule has 2 aliphatic heterocycles. The molecule has 2 rings (SSSR count). The van der Waals surface area contributed by atoms with Crippen LogP contribution < -0.4 is 0 Å². The van der Waals surface area contributed by atoms with E-state index in [2.05, 4.69) is 47.8 Å². The Balaban J connectivity index is 0.000000514. The zero-order chi connectivity index (χ0) is 26.0. The highest BCUT2D eigenvalue weighted by atomic mass is 79.9. The zero-order valence-electron chi connectivity index (χ0n) is 18.5. The van der Waals surface area contributed by atoms with Gasteiger partial charge in [0.2, 0.25) is 4.69 Å². The molecule has 0 atom stereocenters. The lowest BCUT2D eigenvalue weighted by Crippen LogP contribution is -2.35. The van der Waals surface area contributed by atoms with E-state index in [1.54, 1.807) is 27.7 Å². The van der Waals surface area contributed by atoms with Gasteiger partial charge in [0.15, 0.2) is 0 Å². The van der Waals surface area contributed by atoms with E-state index in [0.717, 1.165) is 9.80 Å². The van der Waals surface area contributed by atoms with Crippen molar-refractivity contribution in [2.24, 2.45) is 0 Å². The SMILES string of the molecule is CC(C)(Br)C(=O)Br.CC(C)(Br)C(=O)OCCN1C(=O)C=CC1=O.O=C1C=CC(=O)N1CCO. The molecule has 13 heteroatoms. The Hall–Kier alpha value is -1.70. The van der Waals surface area contributed by atoms with Crippen molar-refractivity contribution in [1.82, 2.24) is 9.80 Å². The molecule has 2 heterocycles. The van der Waals surface area contributed by atoms with Crippen LogP contribution in [0.15, 0.2) is 24.3 Å². The van der Waals surface area contributed by atoms with Crippen LogP contribution in [0.4, 0.5) is 0 Å². The smallest absolute Gasteiger partial charge is 0.322 e. The van der Waals surface area contributed by atoms with E-state index < -0.39 is 14.6 Å². The Morgan fingerprint density at radius 2 is 1.15 bits per heavy atom. The molecule has 0 saturated carbocycles. The highest BCUT2D eigenvalue weighted by molar-refractivity contribution is 9.20. The van der Waals surface area contributed by atoms with Crippen molar-refractivity contribution in [3.05, 3.63) is 24.3 Å². The normalized spacial score (nSPS) is 15.3. The molecule has 0 fully saturated rings. The van der Waals surface area contributed by atoms with Gasteiger partial charge in [0.25, 0.3) is 23.6 Å². The number of esters is 1. The van der Waals surface area contributed by atoms with Crippen molar-refractivity contribution in [3.63, 3.8) is 0 Å². The summed E-state index contributed by atoms with van der Waals surface area (Å²) >= 11 is 9.10. The number of hydrogen-bond donors (Lipinski definition) is 1. The monoisotopic (exact) mass is 658 g/mol. The highest BCUT2D eigenvalue weighted by Gasteiger charge is 2.27. The molecule has 0 spiro atoms. The standard InChI is InChI=1S/C10H12BrNO4.C6H7NO3.C4H6Br2O/c1-10(2,11)9(15)16-6-5-12-7(13)3-4-8(12)14;8-4-3-7-5(9)1-2-6(7)10;1-4(2,6)3(5)7/h3-4H,5-6H2,1-2H3;1-2,8H,3-4H2;1-2H3. The fourth-order valence-electron chi connectivity index (χ4n) is 1.80. The Morgan fingerprint density at radius 3 is 1.42 bits per heavy atom. The molecule has 184 valence electrons. The molecule has 0 bridgehead atoms. The summed E-state index contributed by atoms with van der Waals surface area (Å²) in [5.41, 5.74) is 0. The molecule has 4 amide bonds. The molecule has 0 radical (unpaired) electrons. The van der Waals surface area contributed by atoms with Gasteiger partial charge in [0, 0.05) is 24.3 Å². The molecule has 1 N–H and O–H groups in total. The Labute approximate surface area is 216 Å². The van der Waals surface area contributed by atoms with E-state index >= 15 is 0 Å². The number of carbonyl (C=O) groups excluding carboxylic acids is 6. The molecule has 0 aromatic heterocycles. The predicted molar refractivity (Wildman–Crippen MR) is 130 cm³/mol. The number of nitrogens with zero attached hydrogens (tertiary/aromatic N) is 2. The number of ether oxygens (including phenoxy) is 1. The largest absolute Gasteiger partial charge is 0.463 e. The van der Waals surface area contributed by atoms with Gasteiger partial charge >= 0.3 is 5.97 Å². The second-order valence-electron chi connectivity index (χ2n) is 7.40. The molecule has 0 unspecified atom stereocenters. The fraction of sp³-hybridized carbons (Fsp3) is 0.500. The molecule has 10 nitrogen and oxygen atoms in total. The summed E-state index contributed by atoms with van der Waals surface area (Å²) in [5, 5.41) is 8.39. The molecular weight excluding hydrogens is 636 g/mol. The minimum absolute atomic E-state index is 0.00697. The lowest BCUT2D eigenvalue weighted by molar-refractivity contribution is -0.148. The van der Waals surface area contributed by atoms with Crippen LogP contribution in [0.1, 0.15) is 27.7 Å². The number of aliphatic hydroxyl groups is 1.